The fraction of sp³-hybridized carbons (Fsp3) is 0.417. The Bertz CT molecular complexity index is 345. The summed E-state index contributed by atoms with van der Waals surface area (Å²) in [6.07, 6.45) is 1.79. The van der Waals surface area contributed by atoms with Crippen LogP contribution in [0.15, 0.2) is 30.3 Å². The van der Waals surface area contributed by atoms with Gasteiger partial charge < -0.3 is 5.11 Å². The minimum atomic E-state index is -0.678. The average Bonchev–Trinajstić information content (AvgIpc) is 2.17. The first-order valence-electron chi connectivity index (χ1n) is 4.97. The van der Waals surface area contributed by atoms with Gasteiger partial charge in [0.05, 0.1) is 5.41 Å². The van der Waals surface area contributed by atoms with Crippen molar-refractivity contribution in [1.82, 2.24) is 0 Å². The molecule has 2 heteroatoms. The topological polar surface area (TPSA) is 37.3 Å². The molecule has 0 spiro atoms. The summed E-state index contributed by atoms with van der Waals surface area (Å²) in [5.41, 5.74) is 0.340. The lowest BCUT2D eigenvalue weighted by Crippen LogP contribution is -2.49. The molecule has 1 aromatic rings. The van der Waals surface area contributed by atoms with Crippen LogP contribution in [0.5, 0.6) is 0 Å². The molecule has 2 rings (SSSR count). The molecule has 74 valence electrons. The van der Waals surface area contributed by atoms with E-state index in [4.69, 9.17) is 0 Å². The van der Waals surface area contributed by atoms with Crippen LogP contribution < -0.4 is 0 Å². The van der Waals surface area contributed by atoms with Gasteiger partial charge in [-0.25, -0.2) is 0 Å². The SMILES string of the molecule is CC1CCC1(C(=O)O)c1ccccc1. The third-order valence-electron chi connectivity index (χ3n) is 3.48. The first-order valence-corrected chi connectivity index (χ1v) is 4.97. The van der Waals surface area contributed by atoms with E-state index in [1.54, 1.807) is 0 Å². The molecular formula is C12H14O2. The van der Waals surface area contributed by atoms with E-state index < -0.39 is 11.4 Å². The van der Waals surface area contributed by atoms with Crippen molar-refractivity contribution in [2.75, 3.05) is 0 Å². The number of hydrogen-bond donors (Lipinski definition) is 1. The smallest absolute Gasteiger partial charge is 0.314 e. The minimum absolute atomic E-state index is 0.252. The van der Waals surface area contributed by atoms with Crippen molar-refractivity contribution < 1.29 is 9.90 Å². The minimum Gasteiger partial charge on any atom is -0.481 e. The molecule has 1 fully saturated rings. The van der Waals surface area contributed by atoms with Gasteiger partial charge in [0.15, 0.2) is 0 Å². The van der Waals surface area contributed by atoms with Crippen LogP contribution in [0.4, 0.5) is 0 Å². The Morgan fingerprint density at radius 3 is 2.43 bits per heavy atom. The molecule has 0 aromatic heterocycles. The largest absolute Gasteiger partial charge is 0.481 e. The van der Waals surface area contributed by atoms with Gasteiger partial charge in [-0.2, -0.15) is 0 Å². The van der Waals surface area contributed by atoms with E-state index in [1.165, 1.54) is 0 Å². The summed E-state index contributed by atoms with van der Waals surface area (Å²) in [5, 5.41) is 9.31. The first kappa shape index (κ1) is 9.25. The lowest BCUT2D eigenvalue weighted by molar-refractivity contribution is -0.151. The molecule has 0 amide bonds. The lowest BCUT2D eigenvalue weighted by Gasteiger charge is -2.44. The first-order chi connectivity index (χ1) is 6.68. The van der Waals surface area contributed by atoms with Crippen molar-refractivity contribution in [2.45, 2.75) is 25.2 Å². The predicted molar refractivity (Wildman–Crippen MR) is 54.2 cm³/mol. The highest BCUT2D eigenvalue weighted by Gasteiger charge is 2.51. The molecule has 0 bridgehead atoms. The van der Waals surface area contributed by atoms with Gasteiger partial charge in [-0.15, -0.1) is 0 Å². The van der Waals surface area contributed by atoms with Crippen molar-refractivity contribution >= 4 is 5.97 Å². The number of aliphatic carboxylic acids is 1. The van der Waals surface area contributed by atoms with Crippen LogP contribution in [-0.2, 0) is 10.2 Å². The molecule has 2 atom stereocenters. The Hall–Kier alpha value is -1.31. The summed E-state index contributed by atoms with van der Waals surface area (Å²) in [4.78, 5) is 11.3. The molecule has 0 aliphatic heterocycles. The number of rotatable bonds is 2. The van der Waals surface area contributed by atoms with Crippen LogP contribution >= 0.6 is 0 Å². The summed E-state index contributed by atoms with van der Waals surface area (Å²) in [6.45, 7) is 2.02. The maximum absolute atomic E-state index is 11.3. The summed E-state index contributed by atoms with van der Waals surface area (Å²) >= 11 is 0. The number of carboxylic acids is 1. The normalized spacial score (nSPS) is 30.8. The molecule has 0 radical (unpaired) electrons. The molecule has 1 aliphatic rings. The highest BCUT2D eigenvalue weighted by atomic mass is 16.4. The Balaban J connectivity index is 2.43. The fourth-order valence-corrected chi connectivity index (χ4v) is 2.33. The maximum atomic E-state index is 11.3. The van der Waals surface area contributed by atoms with Gasteiger partial charge in [-0.05, 0) is 24.3 Å². The molecule has 0 saturated heterocycles. The third kappa shape index (κ3) is 1.07. The molecule has 2 nitrogen and oxygen atoms in total. The molecule has 0 heterocycles. The van der Waals surface area contributed by atoms with Gasteiger partial charge in [0.2, 0.25) is 0 Å². The van der Waals surface area contributed by atoms with Crippen molar-refractivity contribution in [3.8, 4) is 0 Å². The highest BCUT2D eigenvalue weighted by Crippen LogP contribution is 2.48. The molecule has 1 N–H and O–H groups in total. The summed E-state index contributed by atoms with van der Waals surface area (Å²) in [6, 6.07) is 9.58. The van der Waals surface area contributed by atoms with E-state index in [0.717, 1.165) is 18.4 Å². The molecule has 14 heavy (non-hydrogen) atoms. The maximum Gasteiger partial charge on any atom is 0.314 e. The number of carbonyl (C=O) groups is 1. The van der Waals surface area contributed by atoms with Crippen LogP contribution in [-0.4, -0.2) is 11.1 Å². The lowest BCUT2D eigenvalue weighted by atomic mass is 9.57. The van der Waals surface area contributed by atoms with Gasteiger partial charge >= 0.3 is 5.97 Å². The van der Waals surface area contributed by atoms with Crippen LogP contribution in [0, 0.1) is 5.92 Å². The van der Waals surface area contributed by atoms with Gasteiger partial charge in [0.1, 0.15) is 0 Å². The van der Waals surface area contributed by atoms with E-state index in [1.807, 2.05) is 37.3 Å². The fourth-order valence-electron chi connectivity index (χ4n) is 2.33. The summed E-state index contributed by atoms with van der Waals surface area (Å²) in [5.74, 6) is -0.426. The molecular weight excluding hydrogens is 176 g/mol. The van der Waals surface area contributed by atoms with Crippen LogP contribution in [0.3, 0.4) is 0 Å². The average molecular weight is 190 g/mol. The van der Waals surface area contributed by atoms with E-state index in [-0.39, 0.29) is 5.92 Å². The van der Waals surface area contributed by atoms with Crippen LogP contribution in [0.25, 0.3) is 0 Å². The van der Waals surface area contributed by atoms with Crippen LogP contribution in [0.1, 0.15) is 25.3 Å². The third-order valence-corrected chi connectivity index (χ3v) is 3.48. The number of benzene rings is 1. The van der Waals surface area contributed by atoms with E-state index in [9.17, 15) is 9.90 Å². The molecule has 2 unspecified atom stereocenters. The Morgan fingerprint density at radius 2 is 2.07 bits per heavy atom. The Labute approximate surface area is 83.6 Å². The zero-order chi connectivity index (χ0) is 10.2. The zero-order valence-electron chi connectivity index (χ0n) is 8.23. The Kier molecular flexibility index (Phi) is 2.06. The van der Waals surface area contributed by atoms with Gasteiger partial charge in [-0.1, -0.05) is 37.3 Å². The molecule has 1 aliphatic carbocycles. The molecule has 1 saturated carbocycles. The second-order valence-corrected chi connectivity index (χ2v) is 4.08. The quantitative estimate of drug-likeness (QED) is 0.777. The molecule has 1 aromatic carbocycles. The van der Waals surface area contributed by atoms with E-state index >= 15 is 0 Å². The van der Waals surface area contributed by atoms with Crippen LogP contribution in [0.2, 0.25) is 0 Å². The second-order valence-electron chi connectivity index (χ2n) is 4.08. The second kappa shape index (κ2) is 3.12. The van der Waals surface area contributed by atoms with Crippen molar-refractivity contribution in [2.24, 2.45) is 5.92 Å². The number of carboxylic acid groups (broad SMARTS) is 1. The monoisotopic (exact) mass is 190 g/mol. The van der Waals surface area contributed by atoms with Crippen molar-refractivity contribution in [1.29, 1.82) is 0 Å². The zero-order valence-corrected chi connectivity index (χ0v) is 8.23. The van der Waals surface area contributed by atoms with Crippen molar-refractivity contribution in [3.05, 3.63) is 35.9 Å². The summed E-state index contributed by atoms with van der Waals surface area (Å²) < 4.78 is 0. The van der Waals surface area contributed by atoms with E-state index in [0.29, 0.717) is 0 Å². The number of hydrogen-bond acceptors (Lipinski definition) is 1. The van der Waals surface area contributed by atoms with Gasteiger partial charge in [0, 0.05) is 0 Å². The van der Waals surface area contributed by atoms with Gasteiger partial charge in [0.25, 0.3) is 0 Å². The standard InChI is InChI=1S/C12H14O2/c1-9-7-8-12(9,11(13)14)10-5-3-2-4-6-10/h2-6,9H,7-8H2,1H3,(H,13,14). The summed E-state index contributed by atoms with van der Waals surface area (Å²) in [7, 11) is 0. The highest BCUT2D eigenvalue weighted by molar-refractivity contribution is 5.83. The van der Waals surface area contributed by atoms with Gasteiger partial charge in [-0.3, -0.25) is 4.79 Å². The Morgan fingerprint density at radius 1 is 1.43 bits per heavy atom. The predicted octanol–water partition coefficient (Wildman–Crippen LogP) is 2.44. The van der Waals surface area contributed by atoms with Crippen molar-refractivity contribution in [3.63, 3.8) is 0 Å². The van der Waals surface area contributed by atoms with E-state index in [2.05, 4.69) is 0 Å².